The standard InChI is InChI=1S/C9H15NOS/c1-7-3-6-12-9(7)8(2)10-4-5-11/h3,6,8,10-11H,4-5H2,1-2H3. The Morgan fingerprint density at radius 3 is 2.92 bits per heavy atom. The first kappa shape index (κ1) is 9.71. The first-order chi connectivity index (χ1) is 5.75. The van der Waals surface area contributed by atoms with Gasteiger partial charge in [-0.2, -0.15) is 0 Å². The molecule has 3 heteroatoms. The highest BCUT2D eigenvalue weighted by atomic mass is 32.1. The predicted octanol–water partition coefficient (Wildman–Crippen LogP) is 1.70. The van der Waals surface area contributed by atoms with Crippen LogP contribution in [-0.2, 0) is 0 Å². The number of thiophene rings is 1. The van der Waals surface area contributed by atoms with Crippen molar-refractivity contribution in [3.63, 3.8) is 0 Å². The zero-order chi connectivity index (χ0) is 8.97. The van der Waals surface area contributed by atoms with E-state index in [1.54, 1.807) is 11.3 Å². The first-order valence-electron chi connectivity index (χ1n) is 4.14. The van der Waals surface area contributed by atoms with Crippen LogP contribution in [0.5, 0.6) is 0 Å². The lowest BCUT2D eigenvalue weighted by Crippen LogP contribution is -2.21. The van der Waals surface area contributed by atoms with E-state index >= 15 is 0 Å². The molecule has 0 bridgehead atoms. The maximum absolute atomic E-state index is 8.62. The molecule has 1 atom stereocenters. The van der Waals surface area contributed by atoms with E-state index in [2.05, 4.69) is 30.6 Å². The molecule has 0 saturated carbocycles. The fourth-order valence-electron chi connectivity index (χ4n) is 1.20. The Bertz CT molecular complexity index is 234. The smallest absolute Gasteiger partial charge is 0.0556 e. The third-order valence-corrected chi connectivity index (χ3v) is 3.06. The molecule has 0 radical (unpaired) electrons. The van der Waals surface area contributed by atoms with Crippen molar-refractivity contribution in [3.05, 3.63) is 21.9 Å². The summed E-state index contributed by atoms with van der Waals surface area (Å²) in [7, 11) is 0. The summed E-state index contributed by atoms with van der Waals surface area (Å²) in [6.45, 7) is 5.10. The Kier molecular flexibility index (Phi) is 3.72. The molecule has 1 aromatic rings. The third-order valence-electron chi connectivity index (χ3n) is 1.86. The van der Waals surface area contributed by atoms with Crippen molar-refractivity contribution in [3.8, 4) is 0 Å². The fourth-order valence-corrected chi connectivity index (χ4v) is 2.16. The van der Waals surface area contributed by atoms with Crippen LogP contribution < -0.4 is 5.32 Å². The van der Waals surface area contributed by atoms with E-state index in [9.17, 15) is 0 Å². The summed E-state index contributed by atoms with van der Waals surface area (Å²) in [4.78, 5) is 1.36. The van der Waals surface area contributed by atoms with Crippen LogP contribution in [0.15, 0.2) is 11.4 Å². The lowest BCUT2D eigenvalue weighted by Gasteiger charge is -2.11. The maximum atomic E-state index is 8.62. The van der Waals surface area contributed by atoms with Crippen molar-refractivity contribution in [2.45, 2.75) is 19.9 Å². The van der Waals surface area contributed by atoms with Crippen LogP contribution >= 0.6 is 11.3 Å². The molecule has 0 saturated heterocycles. The number of nitrogens with one attached hydrogen (secondary N) is 1. The quantitative estimate of drug-likeness (QED) is 0.748. The molecule has 2 N–H and O–H groups in total. The second kappa shape index (κ2) is 4.60. The predicted molar refractivity (Wildman–Crippen MR) is 52.6 cm³/mol. The second-order valence-corrected chi connectivity index (χ2v) is 3.81. The van der Waals surface area contributed by atoms with Crippen molar-refractivity contribution < 1.29 is 5.11 Å². The van der Waals surface area contributed by atoms with Crippen LogP contribution in [0, 0.1) is 6.92 Å². The van der Waals surface area contributed by atoms with Gasteiger partial charge in [-0.25, -0.2) is 0 Å². The average Bonchev–Trinajstić information content (AvgIpc) is 2.47. The molecule has 0 aliphatic heterocycles. The van der Waals surface area contributed by atoms with Crippen LogP contribution in [-0.4, -0.2) is 18.3 Å². The second-order valence-electron chi connectivity index (χ2n) is 2.87. The van der Waals surface area contributed by atoms with E-state index in [0.717, 1.165) is 0 Å². The molecular weight excluding hydrogens is 170 g/mol. The van der Waals surface area contributed by atoms with Gasteiger partial charge in [-0.1, -0.05) is 0 Å². The van der Waals surface area contributed by atoms with Crippen LogP contribution in [0.25, 0.3) is 0 Å². The average molecular weight is 185 g/mol. The summed E-state index contributed by atoms with van der Waals surface area (Å²) in [6.07, 6.45) is 0. The summed E-state index contributed by atoms with van der Waals surface area (Å²) in [5, 5.41) is 14.0. The van der Waals surface area contributed by atoms with E-state index in [0.29, 0.717) is 12.6 Å². The molecule has 0 aromatic carbocycles. The largest absolute Gasteiger partial charge is 0.395 e. The van der Waals surface area contributed by atoms with Gasteiger partial charge in [-0.15, -0.1) is 11.3 Å². The zero-order valence-corrected chi connectivity index (χ0v) is 8.32. The van der Waals surface area contributed by atoms with Crippen LogP contribution in [0.3, 0.4) is 0 Å². The number of aliphatic hydroxyl groups excluding tert-OH is 1. The minimum atomic E-state index is 0.203. The van der Waals surface area contributed by atoms with Crippen LogP contribution in [0.4, 0.5) is 0 Å². The molecule has 1 unspecified atom stereocenters. The highest BCUT2D eigenvalue weighted by Gasteiger charge is 2.07. The van der Waals surface area contributed by atoms with Gasteiger partial charge < -0.3 is 10.4 Å². The minimum absolute atomic E-state index is 0.203. The van der Waals surface area contributed by atoms with Gasteiger partial charge in [0.25, 0.3) is 0 Å². The summed E-state index contributed by atoms with van der Waals surface area (Å²) in [5.41, 5.74) is 1.33. The number of hydrogen-bond acceptors (Lipinski definition) is 3. The molecular formula is C9H15NOS. The minimum Gasteiger partial charge on any atom is -0.395 e. The van der Waals surface area contributed by atoms with Crippen molar-refractivity contribution in [2.24, 2.45) is 0 Å². The molecule has 0 fully saturated rings. The Labute approximate surface area is 77.2 Å². The van der Waals surface area contributed by atoms with Crippen molar-refractivity contribution in [2.75, 3.05) is 13.2 Å². The Morgan fingerprint density at radius 2 is 2.42 bits per heavy atom. The lowest BCUT2D eigenvalue weighted by molar-refractivity contribution is 0.286. The van der Waals surface area contributed by atoms with E-state index in [4.69, 9.17) is 5.11 Å². The Morgan fingerprint density at radius 1 is 1.67 bits per heavy atom. The summed E-state index contributed by atoms with van der Waals surface area (Å²) in [5.74, 6) is 0. The molecule has 0 amide bonds. The molecule has 0 aliphatic rings. The van der Waals surface area contributed by atoms with Crippen LogP contribution in [0.2, 0.25) is 0 Å². The highest BCUT2D eigenvalue weighted by molar-refractivity contribution is 7.10. The number of aliphatic hydroxyl groups is 1. The molecule has 0 spiro atoms. The van der Waals surface area contributed by atoms with Gasteiger partial charge >= 0.3 is 0 Å². The molecule has 2 nitrogen and oxygen atoms in total. The Hall–Kier alpha value is -0.380. The molecule has 1 rings (SSSR count). The molecule has 0 aliphatic carbocycles. The number of rotatable bonds is 4. The number of hydrogen-bond donors (Lipinski definition) is 2. The van der Waals surface area contributed by atoms with Gasteiger partial charge in [-0.05, 0) is 30.9 Å². The van der Waals surface area contributed by atoms with E-state index < -0.39 is 0 Å². The van der Waals surface area contributed by atoms with Crippen molar-refractivity contribution in [1.29, 1.82) is 0 Å². The normalized spacial score (nSPS) is 13.2. The monoisotopic (exact) mass is 185 g/mol. The lowest BCUT2D eigenvalue weighted by atomic mass is 10.2. The van der Waals surface area contributed by atoms with E-state index in [1.165, 1.54) is 10.4 Å². The topological polar surface area (TPSA) is 32.3 Å². The van der Waals surface area contributed by atoms with Gasteiger partial charge in [-0.3, -0.25) is 0 Å². The highest BCUT2D eigenvalue weighted by Crippen LogP contribution is 2.22. The van der Waals surface area contributed by atoms with E-state index in [1.807, 2.05) is 0 Å². The van der Waals surface area contributed by atoms with E-state index in [-0.39, 0.29) is 6.61 Å². The van der Waals surface area contributed by atoms with Gasteiger partial charge in [0.05, 0.1) is 6.61 Å². The van der Waals surface area contributed by atoms with Gasteiger partial charge in [0, 0.05) is 17.5 Å². The van der Waals surface area contributed by atoms with Crippen LogP contribution in [0.1, 0.15) is 23.4 Å². The van der Waals surface area contributed by atoms with Crippen molar-refractivity contribution >= 4 is 11.3 Å². The molecule has 68 valence electrons. The summed E-state index contributed by atoms with van der Waals surface area (Å²) >= 11 is 1.76. The third kappa shape index (κ3) is 2.30. The Balaban J connectivity index is 2.52. The summed E-state index contributed by atoms with van der Waals surface area (Å²) < 4.78 is 0. The zero-order valence-electron chi connectivity index (χ0n) is 7.50. The van der Waals surface area contributed by atoms with Gasteiger partial charge in [0.15, 0.2) is 0 Å². The van der Waals surface area contributed by atoms with Gasteiger partial charge in [0.1, 0.15) is 0 Å². The number of aryl methyl sites for hydroxylation is 1. The summed E-state index contributed by atoms with van der Waals surface area (Å²) in [6, 6.07) is 2.48. The molecule has 1 heterocycles. The SMILES string of the molecule is Cc1ccsc1C(C)NCCO. The fraction of sp³-hybridized carbons (Fsp3) is 0.556. The maximum Gasteiger partial charge on any atom is 0.0556 e. The molecule has 12 heavy (non-hydrogen) atoms. The molecule has 1 aromatic heterocycles. The first-order valence-corrected chi connectivity index (χ1v) is 5.02. The van der Waals surface area contributed by atoms with Gasteiger partial charge in [0.2, 0.25) is 0 Å². The van der Waals surface area contributed by atoms with Crippen molar-refractivity contribution in [1.82, 2.24) is 5.32 Å².